The van der Waals surface area contributed by atoms with E-state index < -0.39 is 17.5 Å². The molecule has 0 unspecified atom stereocenters. The summed E-state index contributed by atoms with van der Waals surface area (Å²) < 4.78 is 39.9. The predicted octanol–water partition coefficient (Wildman–Crippen LogP) is 5.34. The SMILES string of the molecule is Cc1cc(Nc2ccc(F)c(Cl)c2)nc(Nc2ccc(F)cc2F)n1. The number of aromatic nitrogens is 2. The average molecular weight is 365 g/mol. The Hall–Kier alpha value is -2.80. The van der Waals surface area contributed by atoms with E-state index in [1.165, 1.54) is 24.3 Å². The van der Waals surface area contributed by atoms with Crippen LogP contribution in [0.1, 0.15) is 5.69 Å². The second-order valence-electron chi connectivity index (χ2n) is 5.22. The molecule has 2 aromatic carbocycles. The van der Waals surface area contributed by atoms with Crippen LogP contribution in [0.4, 0.5) is 36.3 Å². The largest absolute Gasteiger partial charge is 0.340 e. The molecular weight excluding hydrogens is 353 g/mol. The van der Waals surface area contributed by atoms with Crippen LogP contribution in [0.3, 0.4) is 0 Å². The maximum absolute atomic E-state index is 13.7. The Morgan fingerprint density at radius 3 is 2.40 bits per heavy atom. The molecule has 0 aliphatic rings. The van der Waals surface area contributed by atoms with Crippen LogP contribution in [0, 0.1) is 24.4 Å². The highest BCUT2D eigenvalue weighted by Gasteiger charge is 2.08. The van der Waals surface area contributed by atoms with Gasteiger partial charge in [0, 0.05) is 23.5 Å². The van der Waals surface area contributed by atoms with E-state index in [0.29, 0.717) is 17.2 Å². The molecule has 0 saturated heterocycles. The summed E-state index contributed by atoms with van der Waals surface area (Å²) in [6.07, 6.45) is 0. The normalized spacial score (nSPS) is 10.6. The Morgan fingerprint density at radius 1 is 0.880 bits per heavy atom. The number of nitrogens with zero attached hydrogens (tertiary/aromatic N) is 2. The molecule has 3 rings (SSSR count). The quantitative estimate of drug-likeness (QED) is 0.655. The number of halogens is 4. The summed E-state index contributed by atoms with van der Waals surface area (Å²) in [5.74, 6) is -1.43. The Bertz CT molecular complexity index is 934. The molecule has 1 heterocycles. The van der Waals surface area contributed by atoms with Gasteiger partial charge in [-0.15, -0.1) is 0 Å². The molecule has 0 fully saturated rings. The maximum Gasteiger partial charge on any atom is 0.229 e. The summed E-state index contributed by atoms with van der Waals surface area (Å²) in [6.45, 7) is 1.73. The highest BCUT2D eigenvalue weighted by molar-refractivity contribution is 6.31. The lowest BCUT2D eigenvalue weighted by Crippen LogP contribution is -2.03. The molecule has 0 aliphatic heterocycles. The van der Waals surface area contributed by atoms with Crippen molar-refractivity contribution in [2.45, 2.75) is 6.92 Å². The molecule has 3 aromatic rings. The van der Waals surface area contributed by atoms with Crippen molar-refractivity contribution in [1.82, 2.24) is 9.97 Å². The van der Waals surface area contributed by atoms with Gasteiger partial charge in [-0.3, -0.25) is 0 Å². The zero-order valence-electron chi connectivity index (χ0n) is 12.9. The first kappa shape index (κ1) is 17.0. The van der Waals surface area contributed by atoms with Crippen molar-refractivity contribution in [3.8, 4) is 0 Å². The Balaban J connectivity index is 1.86. The van der Waals surface area contributed by atoms with Crippen LogP contribution in [-0.2, 0) is 0 Å². The average Bonchev–Trinajstić information content (AvgIpc) is 2.53. The maximum atomic E-state index is 13.7. The summed E-state index contributed by atoms with van der Waals surface area (Å²) in [5.41, 5.74) is 1.18. The molecule has 2 N–H and O–H groups in total. The third-order valence-electron chi connectivity index (χ3n) is 3.22. The molecule has 8 heteroatoms. The molecule has 4 nitrogen and oxygen atoms in total. The van der Waals surface area contributed by atoms with Crippen molar-refractivity contribution >= 4 is 34.7 Å². The van der Waals surface area contributed by atoms with E-state index in [4.69, 9.17) is 11.6 Å². The Kier molecular flexibility index (Phi) is 4.76. The Morgan fingerprint density at radius 2 is 1.68 bits per heavy atom. The zero-order valence-corrected chi connectivity index (χ0v) is 13.7. The number of hydrogen-bond donors (Lipinski definition) is 2. The van der Waals surface area contributed by atoms with Gasteiger partial charge in [0.15, 0.2) is 0 Å². The first-order valence-corrected chi connectivity index (χ1v) is 7.58. The number of anilines is 4. The lowest BCUT2D eigenvalue weighted by atomic mass is 10.3. The van der Waals surface area contributed by atoms with Gasteiger partial charge in [-0.2, -0.15) is 4.98 Å². The standard InChI is InChI=1S/C17H12ClF3N4/c1-9-6-16(23-11-3-4-13(20)12(18)8-11)25-17(22-9)24-15-5-2-10(19)7-14(15)21/h2-8H,1H3,(H2,22,23,24,25). The fourth-order valence-corrected chi connectivity index (χ4v) is 2.30. The molecule has 25 heavy (non-hydrogen) atoms. The van der Waals surface area contributed by atoms with E-state index in [1.807, 2.05) is 0 Å². The molecule has 0 saturated carbocycles. The lowest BCUT2D eigenvalue weighted by molar-refractivity contribution is 0.586. The third-order valence-corrected chi connectivity index (χ3v) is 3.51. The lowest BCUT2D eigenvalue weighted by Gasteiger charge is -2.11. The van der Waals surface area contributed by atoms with E-state index in [9.17, 15) is 13.2 Å². The molecule has 0 amide bonds. The van der Waals surface area contributed by atoms with Gasteiger partial charge in [0.2, 0.25) is 5.95 Å². The second kappa shape index (κ2) is 6.98. The van der Waals surface area contributed by atoms with E-state index in [0.717, 1.165) is 12.1 Å². The molecule has 0 bridgehead atoms. The molecular formula is C17H12ClF3N4. The summed E-state index contributed by atoms with van der Waals surface area (Å²) in [6, 6.07) is 8.95. The predicted molar refractivity (Wildman–Crippen MR) is 91.1 cm³/mol. The van der Waals surface area contributed by atoms with Gasteiger partial charge < -0.3 is 10.6 Å². The van der Waals surface area contributed by atoms with Gasteiger partial charge in [0.1, 0.15) is 23.3 Å². The van der Waals surface area contributed by atoms with Crippen molar-refractivity contribution < 1.29 is 13.2 Å². The third kappa shape index (κ3) is 4.19. The number of aryl methyl sites for hydroxylation is 1. The first-order chi connectivity index (χ1) is 11.9. The van der Waals surface area contributed by atoms with Gasteiger partial charge in [0.25, 0.3) is 0 Å². The fraction of sp³-hybridized carbons (Fsp3) is 0.0588. The zero-order chi connectivity index (χ0) is 18.0. The number of nitrogens with one attached hydrogen (secondary N) is 2. The van der Waals surface area contributed by atoms with Gasteiger partial charge in [-0.05, 0) is 37.3 Å². The fourth-order valence-electron chi connectivity index (χ4n) is 2.12. The minimum absolute atomic E-state index is 0.0255. The van der Waals surface area contributed by atoms with Crippen molar-refractivity contribution in [3.05, 3.63) is 70.6 Å². The van der Waals surface area contributed by atoms with Crippen LogP contribution in [0.25, 0.3) is 0 Å². The second-order valence-corrected chi connectivity index (χ2v) is 5.63. The van der Waals surface area contributed by atoms with Gasteiger partial charge >= 0.3 is 0 Å². The number of hydrogen-bond acceptors (Lipinski definition) is 4. The van der Waals surface area contributed by atoms with Gasteiger partial charge in [-0.25, -0.2) is 18.2 Å². The summed E-state index contributed by atoms with van der Waals surface area (Å²) >= 11 is 5.75. The summed E-state index contributed by atoms with van der Waals surface area (Å²) in [7, 11) is 0. The minimum atomic E-state index is -0.759. The molecule has 1 aromatic heterocycles. The monoisotopic (exact) mass is 364 g/mol. The van der Waals surface area contributed by atoms with Crippen LogP contribution in [0.5, 0.6) is 0 Å². The topological polar surface area (TPSA) is 49.8 Å². The molecule has 128 valence electrons. The van der Waals surface area contributed by atoms with Crippen LogP contribution in [0.15, 0.2) is 42.5 Å². The van der Waals surface area contributed by atoms with Gasteiger partial charge in [-0.1, -0.05) is 11.6 Å². The minimum Gasteiger partial charge on any atom is -0.340 e. The van der Waals surface area contributed by atoms with Crippen LogP contribution in [-0.4, -0.2) is 9.97 Å². The summed E-state index contributed by atoms with van der Waals surface area (Å²) in [5, 5.41) is 5.64. The molecule has 0 aliphatic carbocycles. The van der Waals surface area contributed by atoms with Crippen LogP contribution < -0.4 is 10.6 Å². The molecule has 0 radical (unpaired) electrons. The van der Waals surface area contributed by atoms with Crippen LogP contribution in [0.2, 0.25) is 5.02 Å². The number of rotatable bonds is 4. The molecule has 0 atom stereocenters. The first-order valence-electron chi connectivity index (χ1n) is 7.20. The molecule has 0 spiro atoms. The number of benzene rings is 2. The van der Waals surface area contributed by atoms with Gasteiger partial charge in [0.05, 0.1) is 10.7 Å². The van der Waals surface area contributed by atoms with Crippen molar-refractivity contribution in [1.29, 1.82) is 0 Å². The van der Waals surface area contributed by atoms with Crippen molar-refractivity contribution in [2.24, 2.45) is 0 Å². The van der Waals surface area contributed by atoms with Crippen LogP contribution >= 0.6 is 11.6 Å². The van der Waals surface area contributed by atoms with E-state index in [2.05, 4.69) is 20.6 Å². The smallest absolute Gasteiger partial charge is 0.229 e. The van der Waals surface area contributed by atoms with E-state index in [-0.39, 0.29) is 16.7 Å². The van der Waals surface area contributed by atoms with Crippen molar-refractivity contribution in [3.63, 3.8) is 0 Å². The van der Waals surface area contributed by atoms with E-state index in [1.54, 1.807) is 13.0 Å². The van der Waals surface area contributed by atoms with Crippen molar-refractivity contribution in [2.75, 3.05) is 10.6 Å². The Labute approximate surface area is 146 Å². The highest BCUT2D eigenvalue weighted by atomic mass is 35.5. The highest BCUT2D eigenvalue weighted by Crippen LogP contribution is 2.24. The summed E-state index contributed by atoms with van der Waals surface area (Å²) in [4.78, 5) is 8.37. The van der Waals surface area contributed by atoms with E-state index >= 15 is 0 Å².